The molecule has 1 aliphatic heterocycles. The van der Waals surface area contributed by atoms with E-state index in [1.165, 1.54) is 23.3 Å². The number of rotatable bonds is 8. The Hall–Kier alpha value is -2.15. The lowest BCUT2D eigenvalue weighted by Gasteiger charge is -2.17. The van der Waals surface area contributed by atoms with Crippen LogP contribution >= 0.6 is 11.3 Å². The fraction of sp³-hybridized carbons (Fsp3) is 0.526. The molecular formula is C19H27N5OS. The van der Waals surface area contributed by atoms with Crippen molar-refractivity contribution in [3.8, 4) is 0 Å². The summed E-state index contributed by atoms with van der Waals surface area (Å²) in [7, 11) is 0. The predicted octanol–water partition coefficient (Wildman–Crippen LogP) is 2.92. The second-order valence-electron chi connectivity index (χ2n) is 6.69. The van der Waals surface area contributed by atoms with Gasteiger partial charge in [0.25, 0.3) is 0 Å². The Bertz CT molecular complexity index is 739. The fourth-order valence-corrected chi connectivity index (χ4v) is 4.00. The van der Waals surface area contributed by atoms with Gasteiger partial charge >= 0.3 is 0 Å². The average molecular weight is 374 g/mol. The van der Waals surface area contributed by atoms with Gasteiger partial charge in [0.1, 0.15) is 5.82 Å². The van der Waals surface area contributed by atoms with Gasteiger partial charge in [0.15, 0.2) is 0 Å². The topological polar surface area (TPSA) is 70.2 Å². The quantitative estimate of drug-likeness (QED) is 0.696. The molecule has 3 rings (SSSR count). The van der Waals surface area contributed by atoms with Crippen molar-refractivity contribution >= 4 is 29.0 Å². The molecule has 0 unspecified atom stereocenters. The van der Waals surface area contributed by atoms with Crippen molar-refractivity contribution in [2.75, 3.05) is 36.4 Å². The molecule has 140 valence electrons. The van der Waals surface area contributed by atoms with E-state index in [1.54, 1.807) is 11.3 Å². The third-order valence-corrected chi connectivity index (χ3v) is 5.63. The lowest BCUT2D eigenvalue weighted by atomic mass is 10.2. The van der Waals surface area contributed by atoms with Crippen molar-refractivity contribution in [2.24, 2.45) is 0 Å². The molecule has 1 amide bonds. The van der Waals surface area contributed by atoms with Crippen LogP contribution in [-0.2, 0) is 11.2 Å². The van der Waals surface area contributed by atoms with Crippen molar-refractivity contribution in [3.05, 3.63) is 33.6 Å². The summed E-state index contributed by atoms with van der Waals surface area (Å²) in [6.45, 7) is 7.39. The van der Waals surface area contributed by atoms with Gasteiger partial charge < -0.3 is 15.5 Å². The largest absolute Gasteiger partial charge is 0.356 e. The maximum atomic E-state index is 12.0. The van der Waals surface area contributed by atoms with Crippen LogP contribution in [0.3, 0.4) is 0 Å². The third-order valence-electron chi connectivity index (χ3n) is 4.55. The first-order valence-corrected chi connectivity index (χ1v) is 10.1. The van der Waals surface area contributed by atoms with Crippen molar-refractivity contribution in [1.29, 1.82) is 0 Å². The Morgan fingerprint density at radius 1 is 1.23 bits per heavy atom. The van der Waals surface area contributed by atoms with Gasteiger partial charge in [0, 0.05) is 49.2 Å². The van der Waals surface area contributed by atoms with Gasteiger partial charge in [-0.2, -0.15) is 4.98 Å². The molecule has 26 heavy (non-hydrogen) atoms. The zero-order valence-electron chi connectivity index (χ0n) is 15.5. The van der Waals surface area contributed by atoms with E-state index in [4.69, 9.17) is 0 Å². The summed E-state index contributed by atoms with van der Waals surface area (Å²) in [5.74, 6) is 1.71. The molecule has 0 atom stereocenters. The number of carbonyl (C=O) groups is 1. The number of carbonyl (C=O) groups excluding carboxylic acids is 1. The number of amides is 1. The van der Waals surface area contributed by atoms with Gasteiger partial charge in [-0.15, -0.1) is 11.3 Å². The summed E-state index contributed by atoms with van der Waals surface area (Å²) < 4.78 is 0. The Morgan fingerprint density at radius 3 is 2.77 bits per heavy atom. The maximum absolute atomic E-state index is 12.0. The Kier molecular flexibility index (Phi) is 6.44. The first-order chi connectivity index (χ1) is 12.6. The molecular weight excluding hydrogens is 346 g/mol. The van der Waals surface area contributed by atoms with Crippen molar-refractivity contribution in [3.63, 3.8) is 0 Å². The van der Waals surface area contributed by atoms with Crippen LogP contribution in [0.2, 0.25) is 0 Å². The maximum Gasteiger partial charge on any atom is 0.224 e. The molecule has 2 N–H and O–H groups in total. The molecule has 6 nitrogen and oxygen atoms in total. The summed E-state index contributed by atoms with van der Waals surface area (Å²) in [5, 5.41) is 8.25. The molecule has 0 spiro atoms. The fourth-order valence-electron chi connectivity index (χ4n) is 3.09. The first-order valence-electron chi connectivity index (χ1n) is 9.26. The molecule has 7 heteroatoms. The smallest absolute Gasteiger partial charge is 0.224 e. The van der Waals surface area contributed by atoms with Gasteiger partial charge in [-0.05, 0) is 50.1 Å². The van der Waals surface area contributed by atoms with E-state index >= 15 is 0 Å². The molecule has 0 aliphatic carbocycles. The molecule has 1 saturated heterocycles. The predicted molar refractivity (Wildman–Crippen MR) is 107 cm³/mol. The van der Waals surface area contributed by atoms with E-state index in [0.29, 0.717) is 25.5 Å². The molecule has 0 bridgehead atoms. The molecule has 2 aromatic rings. The number of hydrogen-bond acceptors (Lipinski definition) is 6. The first kappa shape index (κ1) is 18.6. The summed E-state index contributed by atoms with van der Waals surface area (Å²) in [5.41, 5.74) is 2.23. The SMILES string of the molecule is Cc1cc(N2CCCC2)nc(NCCNC(=O)CCc2sccc2C)n1. The van der Waals surface area contributed by atoms with Gasteiger partial charge in [-0.1, -0.05) is 0 Å². The van der Waals surface area contributed by atoms with Crippen LogP contribution in [-0.4, -0.2) is 42.1 Å². The second-order valence-corrected chi connectivity index (χ2v) is 7.69. The van der Waals surface area contributed by atoms with E-state index in [-0.39, 0.29) is 5.91 Å². The number of aromatic nitrogens is 2. The standard InChI is InChI=1S/C19H27N5OS/c1-14-7-12-26-16(14)5-6-18(25)20-8-9-21-19-22-15(2)13-17(23-19)24-10-3-4-11-24/h7,12-13H,3-6,8-11H2,1-2H3,(H,20,25)(H,21,22,23). The van der Waals surface area contributed by atoms with Crippen molar-refractivity contribution in [1.82, 2.24) is 15.3 Å². The summed E-state index contributed by atoms with van der Waals surface area (Å²) in [6, 6.07) is 4.13. The number of anilines is 2. The lowest BCUT2D eigenvalue weighted by Crippen LogP contribution is -2.29. The van der Waals surface area contributed by atoms with Gasteiger partial charge in [-0.25, -0.2) is 4.98 Å². The Balaban J connectivity index is 1.40. The molecule has 2 aromatic heterocycles. The van der Waals surface area contributed by atoms with Crippen LogP contribution in [0.4, 0.5) is 11.8 Å². The second kappa shape index (κ2) is 8.98. The van der Waals surface area contributed by atoms with Gasteiger partial charge in [0.2, 0.25) is 11.9 Å². The normalized spacial score (nSPS) is 13.8. The minimum Gasteiger partial charge on any atom is -0.356 e. The molecule has 1 fully saturated rings. The molecule has 0 radical (unpaired) electrons. The zero-order chi connectivity index (χ0) is 18.4. The highest BCUT2D eigenvalue weighted by atomic mass is 32.1. The van der Waals surface area contributed by atoms with Crippen molar-refractivity contribution < 1.29 is 4.79 Å². The highest BCUT2D eigenvalue weighted by molar-refractivity contribution is 7.10. The highest BCUT2D eigenvalue weighted by Crippen LogP contribution is 2.20. The van der Waals surface area contributed by atoms with Crippen LogP contribution < -0.4 is 15.5 Å². The zero-order valence-corrected chi connectivity index (χ0v) is 16.4. The van der Waals surface area contributed by atoms with Gasteiger partial charge in [0.05, 0.1) is 0 Å². The Morgan fingerprint density at radius 2 is 2.04 bits per heavy atom. The number of thiophene rings is 1. The number of nitrogens with zero attached hydrogens (tertiary/aromatic N) is 3. The van der Waals surface area contributed by atoms with E-state index in [9.17, 15) is 4.79 Å². The monoisotopic (exact) mass is 373 g/mol. The van der Waals surface area contributed by atoms with Crippen LogP contribution in [0.25, 0.3) is 0 Å². The van der Waals surface area contributed by atoms with Crippen LogP contribution in [0.5, 0.6) is 0 Å². The Labute approximate surface area is 159 Å². The summed E-state index contributed by atoms with van der Waals surface area (Å²) in [6.07, 6.45) is 3.79. The van der Waals surface area contributed by atoms with E-state index < -0.39 is 0 Å². The summed E-state index contributed by atoms with van der Waals surface area (Å²) in [4.78, 5) is 24.6. The van der Waals surface area contributed by atoms with Crippen LogP contribution in [0, 0.1) is 13.8 Å². The molecule has 0 saturated carbocycles. The molecule has 1 aliphatic rings. The van der Waals surface area contributed by atoms with Gasteiger partial charge in [-0.3, -0.25) is 4.79 Å². The lowest BCUT2D eigenvalue weighted by molar-refractivity contribution is -0.120. The third kappa shape index (κ3) is 5.17. The van der Waals surface area contributed by atoms with E-state index in [2.05, 4.69) is 43.9 Å². The number of nitrogens with one attached hydrogen (secondary N) is 2. The highest BCUT2D eigenvalue weighted by Gasteiger charge is 2.15. The summed E-state index contributed by atoms with van der Waals surface area (Å²) >= 11 is 1.72. The molecule has 3 heterocycles. The average Bonchev–Trinajstić information content (AvgIpc) is 3.28. The van der Waals surface area contributed by atoms with E-state index in [0.717, 1.165) is 31.0 Å². The number of hydrogen-bond donors (Lipinski definition) is 2. The van der Waals surface area contributed by atoms with Crippen LogP contribution in [0.15, 0.2) is 17.5 Å². The van der Waals surface area contributed by atoms with E-state index in [1.807, 2.05) is 13.0 Å². The molecule has 0 aromatic carbocycles. The number of aryl methyl sites for hydroxylation is 3. The minimum atomic E-state index is 0.0857. The van der Waals surface area contributed by atoms with Crippen LogP contribution in [0.1, 0.15) is 35.4 Å². The van der Waals surface area contributed by atoms with Crippen molar-refractivity contribution in [2.45, 2.75) is 39.5 Å². The minimum absolute atomic E-state index is 0.0857.